The first-order valence-electron chi connectivity index (χ1n) is 11.7. The molecule has 0 aliphatic carbocycles. The van der Waals surface area contributed by atoms with E-state index < -0.39 is 23.3 Å². The molecule has 0 bridgehead atoms. The van der Waals surface area contributed by atoms with Gasteiger partial charge < -0.3 is 16.0 Å². The molecule has 3 rings (SSSR count). The molecule has 1 amide bonds. The minimum Gasteiger partial charge on any atom is -0.344 e. The summed E-state index contributed by atoms with van der Waals surface area (Å²) in [7, 11) is 1.94. The number of carbonyl (C=O) groups excluding carboxylic acids is 1. The van der Waals surface area contributed by atoms with Crippen molar-refractivity contribution in [3.05, 3.63) is 112 Å². The number of unbranched alkanes of at least 4 members (excludes halogenated alkanes) is 1. The van der Waals surface area contributed by atoms with Crippen LogP contribution in [0.3, 0.4) is 0 Å². The van der Waals surface area contributed by atoms with E-state index >= 15 is 0 Å². The molecule has 7 heteroatoms. The quantitative estimate of drug-likeness (QED) is 0.284. The van der Waals surface area contributed by atoms with Gasteiger partial charge in [-0.25, -0.2) is 4.39 Å². The first-order chi connectivity index (χ1) is 16.9. The monoisotopic (exact) mass is 474 g/mol. The third-order valence-electron chi connectivity index (χ3n) is 5.70. The average molecular weight is 475 g/mol. The Labute approximate surface area is 205 Å². The van der Waals surface area contributed by atoms with E-state index in [-0.39, 0.29) is 17.0 Å². The maximum absolute atomic E-state index is 14.1. The molecule has 182 valence electrons. The summed E-state index contributed by atoms with van der Waals surface area (Å²) in [5.74, 6) is -1.00. The fourth-order valence-electron chi connectivity index (χ4n) is 3.74. The van der Waals surface area contributed by atoms with E-state index in [0.717, 1.165) is 30.4 Å². The van der Waals surface area contributed by atoms with Crippen LogP contribution in [0.15, 0.2) is 83.8 Å². The normalized spacial score (nSPS) is 12.0. The molecule has 0 radical (unpaired) electrons. The number of aryl methyl sites for hydroxylation is 1. The fourth-order valence-corrected chi connectivity index (χ4v) is 3.74. The highest BCUT2D eigenvalue weighted by Crippen LogP contribution is 2.13. The second-order valence-electron chi connectivity index (χ2n) is 8.32. The van der Waals surface area contributed by atoms with Gasteiger partial charge in [-0.3, -0.25) is 14.2 Å². The molecular weight excluding hydrogens is 443 g/mol. The van der Waals surface area contributed by atoms with Crippen LogP contribution in [0.4, 0.5) is 4.39 Å². The largest absolute Gasteiger partial charge is 0.344 e. The SMILES string of the molecule is CNCc1ccccc1CCC/C=C\C(=N)[C@@H](C)NC(=O)c1ccc(=O)n(-c2ccccc2F)c1. The van der Waals surface area contributed by atoms with Crippen molar-refractivity contribution in [2.75, 3.05) is 7.05 Å². The van der Waals surface area contributed by atoms with Gasteiger partial charge in [-0.15, -0.1) is 0 Å². The third kappa shape index (κ3) is 7.07. The van der Waals surface area contributed by atoms with Crippen molar-refractivity contribution in [3.8, 4) is 5.69 Å². The first-order valence-corrected chi connectivity index (χ1v) is 11.7. The van der Waals surface area contributed by atoms with Crippen LogP contribution in [-0.2, 0) is 13.0 Å². The van der Waals surface area contributed by atoms with E-state index in [1.54, 1.807) is 19.1 Å². The van der Waals surface area contributed by atoms with Crippen LogP contribution >= 0.6 is 0 Å². The number of nitrogens with one attached hydrogen (secondary N) is 3. The minimum absolute atomic E-state index is 0.0736. The number of hydrogen-bond acceptors (Lipinski definition) is 4. The summed E-state index contributed by atoms with van der Waals surface area (Å²) >= 11 is 0. The molecule has 0 aliphatic heterocycles. The molecule has 0 aliphatic rings. The molecule has 3 N–H and O–H groups in total. The van der Waals surface area contributed by atoms with Crippen LogP contribution in [0.5, 0.6) is 0 Å². The van der Waals surface area contributed by atoms with Gasteiger partial charge in [0.25, 0.3) is 11.5 Å². The number of halogens is 1. The summed E-state index contributed by atoms with van der Waals surface area (Å²) in [5, 5.41) is 14.2. The molecule has 3 aromatic rings. The van der Waals surface area contributed by atoms with Crippen LogP contribution in [0.25, 0.3) is 5.69 Å². The Kier molecular flexibility index (Phi) is 9.26. The lowest BCUT2D eigenvalue weighted by atomic mass is 10.0. The topological polar surface area (TPSA) is 87.0 Å². The minimum atomic E-state index is -0.557. The molecule has 0 spiro atoms. The van der Waals surface area contributed by atoms with Gasteiger partial charge in [-0.05, 0) is 68.6 Å². The third-order valence-corrected chi connectivity index (χ3v) is 5.70. The van der Waals surface area contributed by atoms with Crippen molar-refractivity contribution in [3.63, 3.8) is 0 Å². The standard InChI is InChI=1S/C28H31FN4O2/c1-20(25(30)14-5-3-4-10-21-11-6-7-12-22(21)18-31-2)32-28(35)23-16-17-27(34)33(19-23)26-15-9-8-13-24(26)29/h5-9,11-17,19-20,30-31H,3-4,10,18H2,1-2H3,(H,32,35)/b14-5-,30-25?/t20-/m1/s1. The maximum atomic E-state index is 14.1. The van der Waals surface area contributed by atoms with Gasteiger partial charge in [0.1, 0.15) is 5.82 Å². The lowest BCUT2D eigenvalue weighted by molar-refractivity contribution is 0.0948. The van der Waals surface area contributed by atoms with Crippen LogP contribution in [0, 0.1) is 11.2 Å². The van der Waals surface area contributed by atoms with Crippen molar-refractivity contribution < 1.29 is 9.18 Å². The van der Waals surface area contributed by atoms with Crippen molar-refractivity contribution in [2.24, 2.45) is 0 Å². The Morgan fingerprint density at radius 1 is 1.09 bits per heavy atom. The number of aromatic nitrogens is 1. The molecule has 1 aromatic heterocycles. The molecule has 6 nitrogen and oxygen atoms in total. The van der Waals surface area contributed by atoms with Gasteiger partial charge in [0.2, 0.25) is 0 Å². The zero-order chi connectivity index (χ0) is 25.2. The van der Waals surface area contributed by atoms with Gasteiger partial charge in [0, 0.05) is 18.8 Å². The average Bonchev–Trinajstić information content (AvgIpc) is 2.85. The van der Waals surface area contributed by atoms with E-state index in [1.807, 2.05) is 25.3 Å². The van der Waals surface area contributed by atoms with Crippen molar-refractivity contribution in [1.82, 2.24) is 15.2 Å². The molecule has 35 heavy (non-hydrogen) atoms. The van der Waals surface area contributed by atoms with Gasteiger partial charge in [-0.1, -0.05) is 42.5 Å². The highest BCUT2D eigenvalue weighted by Gasteiger charge is 2.14. The lowest BCUT2D eigenvalue weighted by Crippen LogP contribution is -2.38. The highest BCUT2D eigenvalue weighted by atomic mass is 19.1. The summed E-state index contributed by atoms with van der Waals surface area (Å²) in [6.07, 6.45) is 7.72. The van der Waals surface area contributed by atoms with Crippen molar-refractivity contribution in [2.45, 2.75) is 38.8 Å². The van der Waals surface area contributed by atoms with Crippen LogP contribution < -0.4 is 16.2 Å². The molecule has 1 atom stereocenters. The summed E-state index contributed by atoms with van der Waals surface area (Å²) < 4.78 is 15.2. The molecule has 0 unspecified atom stereocenters. The number of pyridine rings is 1. The molecule has 0 saturated heterocycles. The van der Waals surface area contributed by atoms with E-state index in [0.29, 0.717) is 0 Å². The van der Waals surface area contributed by atoms with Crippen LogP contribution in [-0.4, -0.2) is 29.3 Å². The Bertz CT molecular complexity index is 1270. The Morgan fingerprint density at radius 2 is 1.80 bits per heavy atom. The van der Waals surface area contributed by atoms with E-state index in [4.69, 9.17) is 5.41 Å². The second kappa shape index (κ2) is 12.6. The van der Waals surface area contributed by atoms with Gasteiger partial charge in [-0.2, -0.15) is 0 Å². The van der Waals surface area contributed by atoms with Crippen molar-refractivity contribution >= 4 is 11.6 Å². The first kappa shape index (κ1) is 25.8. The number of hydrogen-bond donors (Lipinski definition) is 3. The molecular formula is C28H31FN4O2. The number of nitrogens with zero attached hydrogens (tertiary/aromatic N) is 1. The predicted octanol–water partition coefficient (Wildman–Crippen LogP) is 4.41. The van der Waals surface area contributed by atoms with E-state index in [2.05, 4.69) is 22.8 Å². The van der Waals surface area contributed by atoms with Gasteiger partial charge in [0.15, 0.2) is 0 Å². The highest BCUT2D eigenvalue weighted by molar-refractivity contribution is 6.02. The van der Waals surface area contributed by atoms with Crippen LogP contribution in [0.1, 0.15) is 41.3 Å². The summed E-state index contributed by atoms with van der Waals surface area (Å²) in [6, 6.07) is 16.3. The number of benzene rings is 2. The molecule has 0 fully saturated rings. The van der Waals surface area contributed by atoms with Crippen molar-refractivity contribution in [1.29, 1.82) is 5.41 Å². The van der Waals surface area contributed by atoms with Gasteiger partial charge >= 0.3 is 0 Å². The maximum Gasteiger partial charge on any atom is 0.255 e. The predicted molar refractivity (Wildman–Crippen MR) is 138 cm³/mol. The molecule has 2 aromatic carbocycles. The van der Waals surface area contributed by atoms with E-state index in [9.17, 15) is 14.0 Å². The van der Waals surface area contributed by atoms with Crippen LogP contribution in [0.2, 0.25) is 0 Å². The molecule has 1 heterocycles. The molecule has 0 saturated carbocycles. The Morgan fingerprint density at radius 3 is 2.54 bits per heavy atom. The summed E-state index contributed by atoms with van der Waals surface area (Å²) in [6.45, 7) is 2.57. The lowest BCUT2D eigenvalue weighted by Gasteiger charge is -2.14. The zero-order valence-electron chi connectivity index (χ0n) is 20.1. The fraction of sp³-hybridized carbons (Fsp3) is 0.250. The summed E-state index contributed by atoms with van der Waals surface area (Å²) in [5.41, 5.74) is 2.73. The number of rotatable bonds is 11. The Hall–Kier alpha value is -3.84. The summed E-state index contributed by atoms with van der Waals surface area (Å²) in [4.78, 5) is 24.9. The smallest absolute Gasteiger partial charge is 0.255 e. The van der Waals surface area contributed by atoms with Gasteiger partial charge in [0.05, 0.1) is 23.0 Å². The Balaban J connectivity index is 1.55. The van der Waals surface area contributed by atoms with E-state index in [1.165, 1.54) is 47.7 Å². The number of para-hydroxylation sites is 1. The zero-order valence-corrected chi connectivity index (χ0v) is 20.1. The number of allylic oxidation sites excluding steroid dienone is 1. The number of amides is 1. The number of carbonyl (C=O) groups is 1. The second-order valence-corrected chi connectivity index (χ2v) is 8.32.